The number of hydrogen-bond acceptors (Lipinski definition) is 7. The first-order chi connectivity index (χ1) is 12.8. The molecule has 3 unspecified atom stereocenters. The maximum Gasteiger partial charge on any atom is 0.482 e. The molecule has 1 aromatic rings. The van der Waals surface area contributed by atoms with Gasteiger partial charge in [-0.25, -0.2) is 13.1 Å². The van der Waals surface area contributed by atoms with E-state index in [1.54, 1.807) is 6.92 Å². The number of aliphatic hydroxyl groups is 2. The first-order valence-corrected chi connectivity index (χ1v) is 10.3. The van der Waals surface area contributed by atoms with Gasteiger partial charge in [0.1, 0.15) is 0 Å². The fraction of sp³-hybridized carbons (Fsp3) is 0.611. The number of sulfonamides is 1. The van der Waals surface area contributed by atoms with Crippen LogP contribution < -0.4 is 4.72 Å². The second-order valence-electron chi connectivity index (χ2n) is 7.75. The largest absolute Gasteiger partial charge is 0.482 e. The van der Waals surface area contributed by atoms with Crippen LogP contribution in [0.4, 0.5) is 0 Å². The lowest BCUT2D eigenvalue weighted by atomic mass is 9.41. The molecular formula is C18H28BN2O6S. The van der Waals surface area contributed by atoms with Crippen molar-refractivity contribution in [1.29, 1.82) is 5.26 Å². The molecule has 3 fully saturated rings. The molecule has 1 radical (unpaired) electrons. The summed E-state index contributed by atoms with van der Waals surface area (Å²) in [6, 6.07) is 7.62. The lowest BCUT2D eigenvalue weighted by Gasteiger charge is -2.68. The summed E-state index contributed by atoms with van der Waals surface area (Å²) in [5.74, 6) is 0.614. The van der Waals surface area contributed by atoms with E-state index in [1.165, 1.54) is 31.3 Å². The molecule has 3 saturated carbocycles. The average Bonchev–Trinajstić information content (AvgIpc) is 2.65. The summed E-state index contributed by atoms with van der Waals surface area (Å²) in [5.41, 5.74) is -1.35. The second-order valence-corrected chi connectivity index (χ2v) is 9.64. The molecule has 28 heavy (non-hydrogen) atoms. The highest BCUT2D eigenvalue weighted by Crippen LogP contribution is 2.65. The Morgan fingerprint density at radius 3 is 2.00 bits per heavy atom. The zero-order valence-electron chi connectivity index (χ0n) is 16.5. The molecule has 8 nitrogen and oxygen atoms in total. The average molecular weight is 411 g/mol. The van der Waals surface area contributed by atoms with Crippen molar-refractivity contribution in [2.75, 3.05) is 7.05 Å². The highest BCUT2D eigenvalue weighted by Gasteiger charge is 2.69. The van der Waals surface area contributed by atoms with Crippen LogP contribution in [-0.4, -0.2) is 54.6 Å². The van der Waals surface area contributed by atoms with E-state index >= 15 is 0 Å². The third-order valence-electron chi connectivity index (χ3n) is 6.06. The number of nitrogens with one attached hydrogen (secondary N) is 1. The van der Waals surface area contributed by atoms with E-state index in [1.807, 2.05) is 6.07 Å². The normalized spacial score (nSPS) is 29.6. The van der Waals surface area contributed by atoms with Crippen LogP contribution in [0.25, 0.3) is 0 Å². The van der Waals surface area contributed by atoms with Gasteiger partial charge >= 0.3 is 7.69 Å². The number of benzene rings is 1. The Morgan fingerprint density at radius 2 is 1.68 bits per heavy atom. The second kappa shape index (κ2) is 8.90. The van der Waals surface area contributed by atoms with Crippen molar-refractivity contribution in [3.8, 4) is 6.07 Å². The van der Waals surface area contributed by atoms with Crippen molar-refractivity contribution in [3.63, 3.8) is 0 Å². The summed E-state index contributed by atoms with van der Waals surface area (Å²) in [6.07, 6.45) is 2.59. The minimum absolute atomic E-state index is 0. The molecule has 2 bridgehead atoms. The van der Waals surface area contributed by atoms with E-state index in [0.29, 0.717) is 11.5 Å². The lowest BCUT2D eigenvalue weighted by molar-refractivity contribution is -0.312. The third kappa shape index (κ3) is 4.57. The van der Waals surface area contributed by atoms with Crippen LogP contribution in [0.5, 0.6) is 0 Å². The molecule has 0 aromatic heterocycles. The van der Waals surface area contributed by atoms with Crippen LogP contribution in [-0.2, 0) is 10.0 Å². The zero-order chi connectivity index (χ0) is 21.8. The summed E-state index contributed by atoms with van der Waals surface area (Å²) in [6.45, 7) is 5.90. The number of hydrogen-bond donors (Lipinski definition) is 5. The van der Waals surface area contributed by atoms with Gasteiger partial charge < -0.3 is 20.3 Å². The van der Waals surface area contributed by atoms with Gasteiger partial charge in [0.15, 0.2) is 0 Å². The van der Waals surface area contributed by atoms with E-state index < -0.39 is 21.2 Å². The summed E-state index contributed by atoms with van der Waals surface area (Å²) in [7, 11) is -2.04. The standard InChI is InChI=1S/C10H18O2.C8H8N2O2S.BH2O2/c1-8(2)7-4-5-9(3,11)10(8,12)6-7;1-10-13(11,12)8-4-2-7(6-9)3-5-8;2-1-3/h7,11-12H,4-6H2,1-3H3;2-5,10H,1H3;2-3H. The van der Waals surface area contributed by atoms with Crippen LogP contribution in [0.3, 0.4) is 0 Å². The minimum Gasteiger partial charge on any atom is -0.429 e. The van der Waals surface area contributed by atoms with Crippen molar-refractivity contribution >= 4 is 17.7 Å². The van der Waals surface area contributed by atoms with Gasteiger partial charge in [0.25, 0.3) is 0 Å². The molecule has 3 aliphatic carbocycles. The summed E-state index contributed by atoms with van der Waals surface area (Å²) in [5, 5.41) is 42.7. The number of fused-ring (bicyclic) bond motifs is 2. The van der Waals surface area contributed by atoms with Gasteiger partial charge in [-0.3, -0.25) is 0 Å². The van der Waals surface area contributed by atoms with Crippen molar-refractivity contribution in [2.45, 2.75) is 56.1 Å². The van der Waals surface area contributed by atoms with E-state index in [0.717, 1.165) is 19.3 Å². The Kier molecular flexibility index (Phi) is 7.81. The topological polar surface area (TPSA) is 151 Å². The molecule has 3 aliphatic rings. The van der Waals surface area contributed by atoms with Gasteiger partial charge in [0, 0.05) is 0 Å². The summed E-state index contributed by atoms with van der Waals surface area (Å²) >= 11 is 0. The van der Waals surface area contributed by atoms with Crippen molar-refractivity contribution in [2.24, 2.45) is 11.3 Å². The Balaban J connectivity index is 0.000000246. The van der Waals surface area contributed by atoms with Crippen LogP contribution in [0, 0.1) is 22.7 Å². The fourth-order valence-electron chi connectivity index (χ4n) is 3.95. The predicted octanol–water partition coefficient (Wildman–Crippen LogP) is 0.280. The van der Waals surface area contributed by atoms with Gasteiger partial charge in [-0.15, -0.1) is 0 Å². The van der Waals surface area contributed by atoms with Gasteiger partial charge in [-0.05, 0) is 68.8 Å². The summed E-state index contributed by atoms with van der Waals surface area (Å²) in [4.78, 5) is 0.161. The number of nitrogens with zero attached hydrogens (tertiary/aromatic N) is 1. The Hall–Kier alpha value is -1.48. The first kappa shape index (κ1) is 24.6. The molecule has 1 aromatic carbocycles. The van der Waals surface area contributed by atoms with Gasteiger partial charge in [-0.2, -0.15) is 5.26 Å². The monoisotopic (exact) mass is 411 g/mol. The maximum absolute atomic E-state index is 11.2. The predicted molar refractivity (Wildman–Crippen MR) is 104 cm³/mol. The van der Waals surface area contributed by atoms with Gasteiger partial charge in [0.05, 0.1) is 27.7 Å². The molecule has 0 spiro atoms. The molecule has 0 amide bonds. The molecule has 155 valence electrons. The molecule has 5 N–H and O–H groups in total. The molecule has 10 heteroatoms. The minimum atomic E-state index is -3.38. The maximum atomic E-state index is 11.2. The SMILES string of the molecule is CC1(O)CCC2CC1(O)C2(C)C.CNS(=O)(=O)c1ccc(C#N)cc1.O[B]O. The summed E-state index contributed by atoms with van der Waals surface area (Å²) < 4.78 is 24.6. The fourth-order valence-corrected chi connectivity index (χ4v) is 4.68. The van der Waals surface area contributed by atoms with Crippen LogP contribution in [0.15, 0.2) is 29.2 Å². The Labute approximate surface area is 167 Å². The Bertz CT molecular complexity index is 794. The van der Waals surface area contributed by atoms with Crippen molar-refractivity contribution in [3.05, 3.63) is 29.8 Å². The Morgan fingerprint density at radius 1 is 1.18 bits per heavy atom. The molecule has 4 rings (SSSR count). The highest BCUT2D eigenvalue weighted by atomic mass is 32.2. The van der Waals surface area contributed by atoms with E-state index in [4.69, 9.17) is 15.3 Å². The van der Waals surface area contributed by atoms with Gasteiger partial charge in [-0.1, -0.05) is 13.8 Å². The van der Waals surface area contributed by atoms with Crippen LogP contribution >= 0.6 is 0 Å². The van der Waals surface area contributed by atoms with Gasteiger partial charge in [0.2, 0.25) is 10.0 Å². The van der Waals surface area contributed by atoms with Crippen LogP contribution in [0.1, 0.15) is 45.6 Å². The molecule has 0 heterocycles. The molecule has 0 saturated heterocycles. The van der Waals surface area contributed by atoms with E-state index in [9.17, 15) is 18.6 Å². The number of rotatable bonds is 2. The smallest absolute Gasteiger partial charge is 0.429 e. The van der Waals surface area contributed by atoms with Crippen molar-refractivity contribution < 1.29 is 28.7 Å². The van der Waals surface area contributed by atoms with E-state index in [2.05, 4.69) is 18.6 Å². The molecule has 0 aliphatic heterocycles. The molecular weight excluding hydrogens is 383 g/mol. The highest BCUT2D eigenvalue weighted by molar-refractivity contribution is 7.89. The van der Waals surface area contributed by atoms with Crippen LogP contribution in [0.2, 0.25) is 0 Å². The van der Waals surface area contributed by atoms with E-state index in [-0.39, 0.29) is 18.0 Å². The third-order valence-corrected chi connectivity index (χ3v) is 7.49. The molecule has 3 atom stereocenters. The van der Waals surface area contributed by atoms with Crippen molar-refractivity contribution in [1.82, 2.24) is 4.72 Å². The lowest BCUT2D eigenvalue weighted by Crippen LogP contribution is -2.74. The zero-order valence-corrected chi connectivity index (χ0v) is 17.4. The first-order valence-electron chi connectivity index (χ1n) is 8.81. The quantitative estimate of drug-likeness (QED) is 0.439. The number of nitriles is 1.